The summed E-state index contributed by atoms with van der Waals surface area (Å²) in [4.78, 5) is 4.39. The lowest BCUT2D eigenvalue weighted by molar-refractivity contribution is 0.601. The highest BCUT2D eigenvalue weighted by atomic mass is 32.2. The van der Waals surface area contributed by atoms with Crippen molar-refractivity contribution in [3.8, 4) is 0 Å². The zero-order valence-electron chi connectivity index (χ0n) is 9.91. The number of pyridine rings is 1. The van der Waals surface area contributed by atoms with Gasteiger partial charge in [-0.15, -0.1) is 0 Å². The number of fused-ring (bicyclic) bond motifs is 1. The largest absolute Gasteiger partial charge is 0.325 e. The van der Waals surface area contributed by atoms with E-state index in [2.05, 4.69) is 4.98 Å². The van der Waals surface area contributed by atoms with Crippen LogP contribution in [0.2, 0.25) is 0 Å². The highest BCUT2D eigenvalue weighted by Crippen LogP contribution is 2.29. The molecular weight excluding hydrogens is 250 g/mol. The van der Waals surface area contributed by atoms with E-state index in [0.29, 0.717) is 13.0 Å². The Labute approximate surface area is 106 Å². The number of hydrogen-bond donors (Lipinski definition) is 1. The monoisotopic (exact) mass is 265 g/mol. The average molecular weight is 265 g/mol. The van der Waals surface area contributed by atoms with Crippen LogP contribution in [0.4, 0.5) is 0 Å². The smallest absolute Gasteiger partial charge is 0.151 e. The van der Waals surface area contributed by atoms with Crippen LogP contribution >= 0.6 is 0 Å². The summed E-state index contributed by atoms with van der Waals surface area (Å²) in [5, 5.41) is 0. The van der Waals surface area contributed by atoms with Crippen molar-refractivity contribution in [1.29, 1.82) is 0 Å². The second-order valence-electron chi connectivity index (χ2n) is 4.70. The van der Waals surface area contributed by atoms with Crippen molar-refractivity contribution in [3.05, 3.63) is 35.9 Å². The maximum absolute atomic E-state index is 11.6. The summed E-state index contributed by atoms with van der Waals surface area (Å²) in [6, 6.07) is 5.84. The minimum atomic E-state index is -2.89. The first-order valence-corrected chi connectivity index (χ1v) is 7.78. The van der Waals surface area contributed by atoms with Gasteiger partial charge in [-0.25, -0.2) is 13.4 Å². The second-order valence-corrected chi connectivity index (χ2v) is 6.93. The molecule has 1 fully saturated rings. The van der Waals surface area contributed by atoms with Crippen LogP contribution in [0.1, 0.15) is 23.9 Å². The molecule has 1 atom stereocenters. The van der Waals surface area contributed by atoms with Crippen molar-refractivity contribution in [2.75, 3.05) is 11.5 Å². The quantitative estimate of drug-likeness (QED) is 0.867. The summed E-state index contributed by atoms with van der Waals surface area (Å²) in [5.41, 5.74) is 7.66. The van der Waals surface area contributed by atoms with Crippen LogP contribution in [0.3, 0.4) is 0 Å². The number of rotatable bonds is 2. The molecule has 0 saturated carbocycles. The van der Waals surface area contributed by atoms with Crippen molar-refractivity contribution in [2.24, 2.45) is 5.73 Å². The van der Waals surface area contributed by atoms with Gasteiger partial charge in [0.1, 0.15) is 5.82 Å². The molecule has 2 aromatic heterocycles. The number of aromatic nitrogens is 2. The predicted octanol–water partition coefficient (Wildman–Crippen LogP) is 0.695. The molecule has 6 heteroatoms. The molecule has 0 aromatic carbocycles. The Hall–Kier alpha value is -1.40. The van der Waals surface area contributed by atoms with Gasteiger partial charge < -0.3 is 5.73 Å². The lowest BCUT2D eigenvalue weighted by Crippen LogP contribution is -2.11. The Kier molecular flexibility index (Phi) is 2.64. The number of sulfone groups is 1. The molecule has 3 heterocycles. The van der Waals surface area contributed by atoms with Gasteiger partial charge >= 0.3 is 0 Å². The van der Waals surface area contributed by atoms with Gasteiger partial charge in [0, 0.05) is 18.2 Å². The summed E-state index contributed by atoms with van der Waals surface area (Å²) in [6.07, 6.45) is 2.43. The van der Waals surface area contributed by atoms with E-state index in [9.17, 15) is 8.42 Å². The third kappa shape index (κ3) is 1.81. The number of nitrogens with zero attached hydrogens (tertiary/aromatic N) is 2. The molecule has 0 radical (unpaired) electrons. The standard InChI is InChI=1S/C12H15N3O2S/c13-6-10-2-1-3-11-7-14-12(15(10)11)9-4-5-18(16,17)8-9/h1-3,7,9H,4-6,8,13H2. The van der Waals surface area contributed by atoms with Gasteiger partial charge in [0.05, 0.1) is 23.2 Å². The molecule has 1 aliphatic heterocycles. The second kappa shape index (κ2) is 4.07. The van der Waals surface area contributed by atoms with Crippen LogP contribution in [0.5, 0.6) is 0 Å². The topological polar surface area (TPSA) is 77.5 Å². The third-order valence-corrected chi connectivity index (χ3v) is 5.23. The Balaban J connectivity index is 2.13. The van der Waals surface area contributed by atoms with E-state index in [0.717, 1.165) is 17.0 Å². The zero-order valence-corrected chi connectivity index (χ0v) is 10.7. The van der Waals surface area contributed by atoms with E-state index in [1.165, 1.54) is 0 Å². The van der Waals surface area contributed by atoms with Crippen LogP contribution in [-0.2, 0) is 16.4 Å². The van der Waals surface area contributed by atoms with E-state index < -0.39 is 9.84 Å². The Morgan fingerprint density at radius 2 is 2.28 bits per heavy atom. The molecule has 1 unspecified atom stereocenters. The fourth-order valence-electron chi connectivity index (χ4n) is 2.59. The van der Waals surface area contributed by atoms with Crippen LogP contribution < -0.4 is 5.73 Å². The van der Waals surface area contributed by atoms with Gasteiger partial charge in [-0.2, -0.15) is 0 Å². The molecule has 18 heavy (non-hydrogen) atoms. The summed E-state index contributed by atoms with van der Waals surface area (Å²) in [6.45, 7) is 0.417. The normalized spacial score (nSPS) is 22.6. The third-order valence-electron chi connectivity index (χ3n) is 3.47. The van der Waals surface area contributed by atoms with Gasteiger partial charge in [-0.1, -0.05) is 6.07 Å². The minimum Gasteiger partial charge on any atom is -0.325 e. The van der Waals surface area contributed by atoms with E-state index in [4.69, 9.17) is 5.73 Å². The molecule has 0 bridgehead atoms. The summed E-state index contributed by atoms with van der Waals surface area (Å²) < 4.78 is 25.1. The first kappa shape index (κ1) is 11.7. The van der Waals surface area contributed by atoms with Crippen molar-refractivity contribution >= 4 is 15.4 Å². The predicted molar refractivity (Wildman–Crippen MR) is 69.1 cm³/mol. The zero-order chi connectivity index (χ0) is 12.8. The lowest BCUT2D eigenvalue weighted by atomic mass is 10.1. The summed E-state index contributed by atoms with van der Waals surface area (Å²) in [5.74, 6) is 1.28. The van der Waals surface area contributed by atoms with Crippen molar-refractivity contribution in [2.45, 2.75) is 18.9 Å². The number of hydrogen-bond acceptors (Lipinski definition) is 4. The highest BCUT2D eigenvalue weighted by Gasteiger charge is 2.31. The molecule has 96 valence electrons. The van der Waals surface area contributed by atoms with Crippen molar-refractivity contribution < 1.29 is 8.42 Å². The molecule has 0 aliphatic carbocycles. The van der Waals surface area contributed by atoms with Crippen molar-refractivity contribution in [3.63, 3.8) is 0 Å². The molecule has 0 spiro atoms. The van der Waals surface area contributed by atoms with E-state index in [-0.39, 0.29) is 17.4 Å². The Bertz CT molecular complexity index is 690. The number of nitrogens with two attached hydrogens (primary N) is 1. The van der Waals surface area contributed by atoms with Crippen LogP contribution in [0, 0.1) is 0 Å². The first-order valence-electron chi connectivity index (χ1n) is 5.96. The average Bonchev–Trinajstić information content (AvgIpc) is 2.91. The molecule has 1 saturated heterocycles. The molecule has 0 amide bonds. The molecule has 3 rings (SSSR count). The van der Waals surface area contributed by atoms with Gasteiger partial charge in [0.15, 0.2) is 9.84 Å². The molecular formula is C12H15N3O2S. The van der Waals surface area contributed by atoms with Gasteiger partial charge in [0.25, 0.3) is 0 Å². The summed E-state index contributed by atoms with van der Waals surface area (Å²) in [7, 11) is -2.89. The highest BCUT2D eigenvalue weighted by molar-refractivity contribution is 7.91. The van der Waals surface area contributed by atoms with E-state index >= 15 is 0 Å². The van der Waals surface area contributed by atoms with Crippen LogP contribution in [0.25, 0.3) is 5.52 Å². The molecule has 5 nitrogen and oxygen atoms in total. The Morgan fingerprint density at radius 1 is 1.44 bits per heavy atom. The van der Waals surface area contributed by atoms with Gasteiger partial charge in [-0.3, -0.25) is 4.40 Å². The number of imidazole rings is 1. The molecule has 2 aromatic rings. The van der Waals surface area contributed by atoms with Gasteiger partial charge in [-0.05, 0) is 18.6 Å². The fourth-order valence-corrected chi connectivity index (χ4v) is 4.33. The van der Waals surface area contributed by atoms with Crippen molar-refractivity contribution in [1.82, 2.24) is 9.38 Å². The summed E-state index contributed by atoms with van der Waals surface area (Å²) >= 11 is 0. The maximum Gasteiger partial charge on any atom is 0.151 e. The lowest BCUT2D eigenvalue weighted by Gasteiger charge is -2.10. The Morgan fingerprint density at radius 3 is 2.94 bits per heavy atom. The van der Waals surface area contributed by atoms with Crippen LogP contribution in [-0.4, -0.2) is 29.3 Å². The van der Waals surface area contributed by atoms with Gasteiger partial charge in [0.2, 0.25) is 0 Å². The SMILES string of the molecule is NCc1cccc2cnc(C3CCS(=O)(=O)C3)n12. The minimum absolute atomic E-state index is 0.00907. The maximum atomic E-state index is 11.6. The van der Waals surface area contributed by atoms with E-state index in [1.807, 2.05) is 22.6 Å². The van der Waals surface area contributed by atoms with Crippen LogP contribution in [0.15, 0.2) is 24.4 Å². The fraction of sp³-hybridized carbons (Fsp3) is 0.417. The van der Waals surface area contributed by atoms with E-state index in [1.54, 1.807) is 6.20 Å². The first-order chi connectivity index (χ1) is 8.61. The molecule has 2 N–H and O–H groups in total. The molecule has 1 aliphatic rings.